The number of hydrogen-bond acceptors (Lipinski definition) is 1. The molecule has 0 heterocycles. The molecule has 0 saturated heterocycles. The molecule has 266 valence electrons. The Balaban J connectivity index is 0.00000210. The Hall–Kier alpha value is -6.70. The van der Waals surface area contributed by atoms with Crippen LogP contribution < -0.4 is 4.74 Å². The van der Waals surface area contributed by atoms with Crippen LogP contribution in [0, 0.1) is 0 Å². The van der Waals surface area contributed by atoms with Crippen molar-refractivity contribution in [2.75, 3.05) is 0 Å². The van der Waals surface area contributed by atoms with Crippen LogP contribution in [0.15, 0.2) is 194 Å². The summed E-state index contributed by atoms with van der Waals surface area (Å²) >= 11 is 0. The van der Waals surface area contributed by atoms with Crippen LogP contribution in [0.25, 0.3) is 82.0 Å². The van der Waals surface area contributed by atoms with Gasteiger partial charge in [0.05, 0.1) is 0 Å². The minimum absolute atomic E-state index is 0.805. The minimum atomic E-state index is 0.805. The largest absolute Gasteiger partial charge is 0.457 e. The summed E-state index contributed by atoms with van der Waals surface area (Å²) in [7, 11) is 0. The van der Waals surface area contributed by atoms with Gasteiger partial charge >= 0.3 is 0 Å². The van der Waals surface area contributed by atoms with E-state index < -0.39 is 0 Å². The molecule has 0 aliphatic heterocycles. The zero-order valence-corrected chi connectivity index (χ0v) is 31.9. The van der Waals surface area contributed by atoms with Gasteiger partial charge in [-0.25, -0.2) is 0 Å². The van der Waals surface area contributed by atoms with E-state index in [9.17, 15) is 0 Å². The summed E-state index contributed by atoms with van der Waals surface area (Å²) in [4.78, 5) is 0. The van der Waals surface area contributed by atoms with E-state index in [2.05, 4.69) is 208 Å². The van der Waals surface area contributed by atoms with Crippen LogP contribution in [0.4, 0.5) is 0 Å². The predicted octanol–water partition coefficient (Wildman–Crippen LogP) is 16.1. The smallest absolute Gasteiger partial charge is 0.127 e. The number of ether oxygens (including phenoxy) is 1. The van der Waals surface area contributed by atoms with E-state index in [1.807, 2.05) is 13.8 Å². The first-order valence-electron chi connectivity index (χ1n) is 19.3. The van der Waals surface area contributed by atoms with Crippen molar-refractivity contribution >= 4 is 48.7 Å². The van der Waals surface area contributed by atoms with Crippen molar-refractivity contribution in [3.05, 3.63) is 200 Å². The molecule has 0 aliphatic rings. The van der Waals surface area contributed by atoms with E-state index in [4.69, 9.17) is 4.74 Å². The molecule has 1 nitrogen and oxygen atoms in total. The monoisotopic (exact) mass is 708 g/mol. The van der Waals surface area contributed by atoms with E-state index in [1.165, 1.54) is 76.5 Å². The van der Waals surface area contributed by atoms with Crippen LogP contribution in [0.3, 0.4) is 0 Å². The van der Waals surface area contributed by atoms with Crippen LogP contribution in [0.1, 0.15) is 33.3 Å². The molecule has 0 bridgehead atoms. The molecule has 9 aromatic rings. The topological polar surface area (TPSA) is 9.23 Å². The Kier molecular flexibility index (Phi) is 10.1. The Morgan fingerprint density at radius 2 is 0.673 bits per heavy atom. The van der Waals surface area contributed by atoms with Gasteiger partial charge in [-0.2, -0.15) is 0 Å². The highest BCUT2D eigenvalue weighted by atomic mass is 16.5. The van der Waals surface area contributed by atoms with Crippen molar-refractivity contribution in [1.82, 2.24) is 0 Å². The standard InChI is InChI=1S/C52H38O.C2H6/c1-3-16-35(4-2)49-41-19-8-10-21-43(41)51(44-22-11-9-20-42(44)49)37-27-31-39(32-28-37)53-40-33-29-38(30-34-40)52-47-25-14-12-23-45(47)50(36-17-6-5-7-18-36)46-24-13-15-26-48(46)52;1-2/h3-34H,1-2H3;1-2H3/b16-3-,35-4+;. The van der Waals surface area contributed by atoms with Gasteiger partial charge in [0.2, 0.25) is 0 Å². The Bertz CT molecular complexity index is 2730. The second-order valence-corrected chi connectivity index (χ2v) is 13.4. The summed E-state index contributed by atoms with van der Waals surface area (Å²) in [5, 5.41) is 9.98. The summed E-state index contributed by atoms with van der Waals surface area (Å²) in [6.45, 7) is 8.20. The maximum Gasteiger partial charge on any atom is 0.127 e. The predicted molar refractivity (Wildman–Crippen MR) is 239 cm³/mol. The quantitative estimate of drug-likeness (QED) is 0.118. The SMILES string of the molecule is C/C=C\C(=C/C)c1c2ccccc2c(-c2ccc(Oc3ccc(-c4c5ccccc5c(-c5ccccc5)c5ccccc45)cc3)cc2)c2ccccc12.CC. The van der Waals surface area contributed by atoms with E-state index in [1.54, 1.807) is 0 Å². The average Bonchev–Trinajstić information content (AvgIpc) is 3.25. The van der Waals surface area contributed by atoms with Gasteiger partial charge in [0.1, 0.15) is 11.5 Å². The molecule has 0 fully saturated rings. The summed E-state index contributed by atoms with van der Waals surface area (Å²) in [5.74, 6) is 1.61. The fraction of sp³-hybridized carbons (Fsp3) is 0.0741. The highest BCUT2D eigenvalue weighted by molar-refractivity contribution is 6.22. The number of rotatable bonds is 7. The molecule has 0 amide bonds. The molecule has 0 atom stereocenters. The van der Waals surface area contributed by atoms with E-state index in [0.29, 0.717) is 0 Å². The van der Waals surface area contributed by atoms with Gasteiger partial charge in [-0.15, -0.1) is 0 Å². The molecule has 9 rings (SSSR count). The highest BCUT2D eigenvalue weighted by Crippen LogP contribution is 2.45. The fourth-order valence-electron chi connectivity index (χ4n) is 8.12. The van der Waals surface area contributed by atoms with Crippen LogP contribution in [0.2, 0.25) is 0 Å². The normalized spacial score (nSPS) is 11.7. The highest BCUT2D eigenvalue weighted by Gasteiger charge is 2.18. The molecule has 0 unspecified atom stereocenters. The van der Waals surface area contributed by atoms with Gasteiger partial charge in [0, 0.05) is 0 Å². The maximum absolute atomic E-state index is 6.46. The van der Waals surface area contributed by atoms with Crippen molar-refractivity contribution in [1.29, 1.82) is 0 Å². The third-order valence-electron chi connectivity index (χ3n) is 10.4. The lowest BCUT2D eigenvalue weighted by Crippen LogP contribution is -1.93. The number of allylic oxidation sites excluding steroid dienone is 4. The molecular weight excluding hydrogens is 665 g/mol. The molecule has 0 aliphatic carbocycles. The Morgan fingerprint density at radius 3 is 1.02 bits per heavy atom. The third-order valence-corrected chi connectivity index (χ3v) is 10.4. The molecule has 0 spiro atoms. The molecule has 9 aromatic carbocycles. The van der Waals surface area contributed by atoms with Crippen molar-refractivity contribution in [2.24, 2.45) is 0 Å². The third kappa shape index (κ3) is 6.49. The molecule has 0 N–H and O–H groups in total. The summed E-state index contributed by atoms with van der Waals surface area (Å²) in [5.41, 5.74) is 9.82. The Labute approximate surface area is 324 Å². The molecular formula is C54H44O. The first-order chi connectivity index (χ1) is 27.2. The van der Waals surface area contributed by atoms with Crippen LogP contribution in [-0.4, -0.2) is 0 Å². The van der Waals surface area contributed by atoms with Gasteiger partial charge in [-0.1, -0.05) is 184 Å². The van der Waals surface area contributed by atoms with Crippen LogP contribution in [-0.2, 0) is 0 Å². The number of hydrogen-bond donors (Lipinski definition) is 0. The first-order valence-corrected chi connectivity index (χ1v) is 19.3. The molecule has 0 saturated carbocycles. The van der Waals surface area contributed by atoms with E-state index in [-0.39, 0.29) is 0 Å². The van der Waals surface area contributed by atoms with Crippen molar-refractivity contribution in [2.45, 2.75) is 27.7 Å². The second-order valence-electron chi connectivity index (χ2n) is 13.4. The van der Waals surface area contributed by atoms with Crippen molar-refractivity contribution < 1.29 is 4.74 Å². The lowest BCUT2D eigenvalue weighted by atomic mass is 9.85. The van der Waals surface area contributed by atoms with Gasteiger partial charge in [-0.3, -0.25) is 0 Å². The zero-order valence-electron chi connectivity index (χ0n) is 31.9. The lowest BCUT2D eigenvalue weighted by molar-refractivity contribution is 0.483. The number of fused-ring (bicyclic) bond motifs is 4. The van der Waals surface area contributed by atoms with Gasteiger partial charge < -0.3 is 4.74 Å². The molecule has 1 heteroatoms. The minimum Gasteiger partial charge on any atom is -0.457 e. The lowest BCUT2D eigenvalue weighted by Gasteiger charge is -2.18. The fourth-order valence-corrected chi connectivity index (χ4v) is 8.12. The van der Waals surface area contributed by atoms with Gasteiger partial charge in [0.25, 0.3) is 0 Å². The van der Waals surface area contributed by atoms with Crippen molar-refractivity contribution in [3.63, 3.8) is 0 Å². The maximum atomic E-state index is 6.46. The van der Waals surface area contributed by atoms with Gasteiger partial charge in [0.15, 0.2) is 0 Å². The van der Waals surface area contributed by atoms with Crippen molar-refractivity contribution in [3.8, 4) is 44.9 Å². The summed E-state index contributed by atoms with van der Waals surface area (Å²) < 4.78 is 6.46. The average molecular weight is 709 g/mol. The summed E-state index contributed by atoms with van der Waals surface area (Å²) in [6.07, 6.45) is 6.53. The van der Waals surface area contributed by atoms with Crippen LogP contribution >= 0.6 is 0 Å². The summed E-state index contributed by atoms with van der Waals surface area (Å²) in [6, 6.07) is 62.9. The molecule has 0 radical (unpaired) electrons. The van der Waals surface area contributed by atoms with Crippen LogP contribution in [0.5, 0.6) is 11.5 Å². The Morgan fingerprint density at radius 1 is 0.364 bits per heavy atom. The molecule has 0 aromatic heterocycles. The molecule has 55 heavy (non-hydrogen) atoms. The van der Waals surface area contributed by atoms with E-state index >= 15 is 0 Å². The first kappa shape index (κ1) is 35.3. The number of benzene rings is 9. The van der Waals surface area contributed by atoms with Gasteiger partial charge in [-0.05, 0) is 126 Å². The van der Waals surface area contributed by atoms with E-state index in [0.717, 1.165) is 22.6 Å². The zero-order chi connectivity index (χ0) is 37.7. The second kappa shape index (κ2) is 15.7.